The van der Waals surface area contributed by atoms with E-state index in [1.807, 2.05) is 12.1 Å². The van der Waals surface area contributed by atoms with Gasteiger partial charge in [0.15, 0.2) is 0 Å². The predicted octanol–water partition coefficient (Wildman–Crippen LogP) is 2.20. The van der Waals surface area contributed by atoms with E-state index < -0.39 is 5.97 Å². The van der Waals surface area contributed by atoms with Crippen LogP contribution < -0.4 is 4.74 Å². The van der Waals surface area contributed by atoms with Gasteiger partial charge in [-0.25, -0.2) is 0 Å². The summed E-state index contributed by atoms with van der Waals surface area (Å²) in [6.45, 7) is 2.85. The molecule has 1 atom stereocenters. The Labute approximate surface area is 88.7 Å². The monoisotopic (exact) mass is 206 g/mol. The number of carboxylic acids is 1. The Morgan fingerprint density at radius 1 is 1.60 bits per heavy atom. The van der Waals surface area contributed by atoms with E-state index in [1.54, 1.807) is 0 Å². The van der Waals surface area contributed by atoms with Crippen LogP contribution >= 0.6 is 0 Å². The number of carbonyl (C=O) groups is 1. The van der Waals surface area contributed by atoms with Gasteiger partial charge in [0.2, 0.25) is 0 Å². The fourth-order valence-electron chi connectivity index (χ4n) is 1.83. The molecule has 0 radical (unpaired) electrons. The summed E-state index contributed by atoms with van der Waals surface area (Å²) >= 11 is 0. The summed E-state index contributed by atoms with van der Waals surface area (Å²) in [6, 6.07) is 5.95. The van der Waals surface area contributed by atoms with Crippen LogP contribution in [0.15, 0.2) is 18.2 Å². The van der Waals surface area contributed by atoms with Gasteiger partial charge in [0, 0.05) is 17.9 Å². The topological polar surface area (TPSA) is 46.5 Å². The minimum atomic E-state index is -0.750. The lowest BCUT2D eigenvalue weighted by Crippen LogP contribution is -1.98. The molecule has 0 fully saturated rings. The standard InChI is InChI=1S/C12H14O3/c1-8-7-15-11-4-2-9(6-10(8)11)3-5-12(13)14/h2,4,6,8H,3,5,7H2,1H3,(H,13,14). The summed E-state index contributed by atoms with van der Waals surface area (Å²) in [5.41, 5.74) is 2.28. The van der Waals surface area contributed by atoms with E-state index in [2.05, 4.69) is 13.0 Å². The van der Waals surface area contributed by atoms with E-state index in [1.165, 1.54) is 5.56 Å². The minimum Gasteiger partial charge on any atom is -0.493 e. The average Bonchev–Trinajstić information content (AvgIpc) is 2.57. The highest BCUT2D eigenvalue weighted by Crippen LogP contribution is 2.34. The minimum absolute atomic E-state index is 0.189. The van der Waals surface area contributed by atoms with E-state index in [0.717, 1.165) is 17.9 Å². The predicted molar refractivity (Wildman–Crippen MR) is 56.3 cm³/mol. The summed E-state index contributed by atoms with van der Waals surface area (Å²) in [6.07, 6.45) is 0.781. The van der Waals surface area contributed by atoms with Crippen molar-refractivity contribution in [2.45, 2.75) is 25.7 Å². The SMILES string of the molecule is CC1COc2ccc(CCC(=O)O)cc21. The number of hydrogen-bond donors (Lipinski definition) is 1. The van der Waals surface area contributed by atoms with Crippen molar-refractivity contribution in [2.24, 2.45) is 0 Å². The number of hydrogen-bond acceptors (Lipinski definition) is 2. The van der Waals surface area contributed by atoms with Gasteiger partial charge in [-0.3, -0.25) is 4.79 Å². The molecule has 0 spiro atoms. The van der Waals surface area contributed by atoms with Crippen LogP contribution in [-0.2, 0) is 11.2 Å². The fourth-order valence-corrected chi connectivity index (χ4v) is 1.83. The van der Waals surface area contributed by atoms with Crippen LogP contribution in [-0.4, -0.2) is 17.7 Å². The molecule has 0 saturated heterocycles. The first-order chi connectivity index (χ1) is 7.16. The van der Waals surface area contributed by atoms with Crippen LogP contribution in [0.4, 0.5) is 0 Å². The molecular formula is C12H14O3. The van der Waals surface area contributed by atoms with Crippen LogP contribution in [0.5, 0.6) is 5.75 Å². The molecular weight excluding hydrogens is 192 g/mol. The molecule has 80 valence electrons. The van der Waals surface area contributed by atoms with E-state index >= 15 is 0 Å². The van der Waals surface area contributed by atoms with Gasteiger partial charge in [0.25, 0.3) is 0 Å². The van der Waals surface area contributed by atoms with Crippen molar-refractivity contribution >= 4 is 5.97 Å². The zero-order valence-corrected chi connectivity index (χ0v) is 8.69. The number of carboxylic acid groups (broad SMARTS) is 1. The lowest BCUT2D eigenvalue weighted by Gasteiger charge is -2.04. The maximum absolute atomic E-state index is 10.4. The Balaban J connectivity index is 2.14. The second-order valence-corrected chi connectivity index (χ2v) is 3.98. The zero-order valence-electron chi connectivity index (χ0n) is 8.69. The summed E-state index contributed by atoms with van der Waals surface area (Å²) in [5, 5.41) is 8.60. The second kappa shape index (κ2) is 3.93. The van der Waals surface area contributed by atoms with E-state index in [-0.39, 0.29) is 6.42 Å². The van der Waals surface area contributed by atoms with Crippen molar-refractivity contribution in [1.82, 2.24) is 0 Å². The fraction of sp³-hybridized carbons (Fsp3) is 0.417. The summed E-state index contributed by atoms with van der Waals surface area (Å²) < 4.78 is 5.47. The summed E-state index contributed by atoms with van der Waals surface area (Å²) in [4.78, 5) is 10.4. The van der Waals surface area contributed by atoms with Crippen molar-refractivity contribution in [3.63, 3.8) is 0 Å². The van der Waals surface area contributed by atoms with Gasteiger partial charge in [0.05, 0.1) is 6.61 Å². The Morgan fingerprint density at radius 2 is 2.40 bits per heavy atom. The van der Waals surface area contributed by atoms with Crippen molar-refractivity contribution in [3.8, 4) is 5.75 Å². The van der Waals surface area contributed by atoms with Gasteiger partial charge in [-0.15, -0.1) is 0 Å². The zero-order chi connectivity index (χ0) is 10.8. The summed E-state index contributed by atoms with van der Waals surface area (Å²) in [7, 11) is 0. The molecule has 0 aromatic heterocycles. The van der Waals surface area contributed by atoms with Gasteiger partial charge in [-0.05, 0) is 18.1 Å². The third kappa shape index (κ3) is 2.12. The molecule has 1 aliphatic rings. The van der Waals surface area contributed by atoms with Gasteiger partial charge < -0.3 is 9.84 Å². The Bertz CT molecular complexity index is 384. The van der Waals surface area contributed by atoms with Crippen LogP contribution in [0.1, 0.15) is 30.4 Å². The first kappa shape index (κ1) is 10.0. The molecule has 0 saturated carbocycles. The molecule has 3 heteroatoms. The molecule has 0 amide bonds. The highest BCUT2D eigenvalue weighted by Gasteiger charge is 2.19. The van der Waals surface area contributed by atoms with E-state index in [9.17, 15) is 4.79 Å². The van der Waals surface area contributed by atoms with Gasteiger partial charge in [-0.1, -0.05) is 19.1 Å². The molecule has 1 heterocycles. The highest BCUT2D eigenvalue weighted by molar-refractivity contribution is 5.67. The number of rotatable bonds is 3. The van der Waals surface area contributed by atoms with E-state index in [0.29, 0.717) is 12.3 Å². The average molecular weight is 206 g/mol. The van der Waals surface area contributed by atoms with Crippen molar-refractivity contribution in [3.05, 3.63) is 29.3 Å². The quantitative estimate of drug-likeness (QED) is 0.824. The Morgan fingerprint density at radius 3 is 3.13 bits per heavy atom. The van der Waals surface area contributed by atoms with Crippen LogP contribution in [0.2, 0.25) is 0 Å². The van der Waals surface area contributed by atoms with Crippen molar-refractivity contribution in [1.29, 1.82) is 0 Å². The maximum atomic E-state index is 10.4. The first-order valence-corrected chi connectivity index (χ1v) is 5.14. The Kier molecular flexibility index (Phi) is 2.62. The number of aryl methyl sites for hydroxylation is 1. The molecule has 1 unspecified atom stereocenters. The molecule has 1 N–H and O–H groups in total. The molecule has 2 rings (SSSR count). The lowest BCUT2D eigenvalue weighted by atomic mass is 9.99. The number of fused-ring (bicyclic) bond motifs is 1. The van der Waals surface area contributed by atoms with Crippen LogP contribution in [0, 0.1) is 0 Å². The number of aliphatic carboxylic acids is 1. The maximum Gasteiger partial charge on any atom is 0.303 e. The molecule has 1 aromatic rings. The lowest BCUT2D eigenvalue weighted by molar-refractivity contribution is -0.136. The van der Waals surface area contributed by atoms with Crippen LogP contribution in [0.25, 0.3) is 0 Å². The second-order valence-electron chi connectivity index (χ2n) is 3.98. The third-order valence-corrected chi connectivity index (χ3v) is 2.72. The third-order valence-electron chi connectivity index (χ3n) is 2.72. The van der Waals surface area contributed by atoms with Crippen LogP contribution in [0.3, 0.4) is 0 Å². The highest BCUT2D eigenvalue weighted by atomic mass is 16.5. The molecule has 0 bridgehead atoms. The largest absolute Gasteiger partial charge is 0.493 e. The van der Waals surface area contributed by atoms with Gasteiger partial charge in [0.1, 0.15) is 5.75 Å². The van der Waals surface area contributed by atoms with Crippen molar-refractivity contribution in [2.75, 3.05) is 6.61 Å². The Hall–Kier alpha value is -1.51. The normalized spacial score (nSPS) is 18.3. The van der Waals surface area contributed by atoms with E-state index in [4.69, 9.17) is 9.84 Å². The van der Waals surface area contributed by atoms with Crippen molar-refractivity contribution < 1.29 is 14.6 Å². The smallest absolute Gasteiger partial charge is 0.303 e. The number of benzene rings is 1. The first-order valence-electron chi connectivity index (χ1n) is 5.14. The van der Waals surface area contributed by atoms with Gasteiger partial charge in [-0.2, -0.15) is 0 Å². The molecule has 0 aliphatic carbocycles. The molecule has 15 heavy (non-hydrogen) atoms. The number of ether oxygens (including phenoxy) is 1. The summed E-state index contributed by atoms with van der Waals surface area (Å²) in [5.74, 6) is 0.617. The molecule has 1 aliphatic heterocycles. The van der Waals surface area contributed by atoms with Gasteiger partial charge >= 0.3 is 5.97 Å². The molecule has 3 nitrogen and oxygen atoms in total. The molecule has 1 aromatic carbocycles.